The molecule has 7 nitrogen and oxygen atoms in total. The molecule has 0 radical (unpaired) electrons. The second-order valence-corrected chi connectivity index (χ2v) is 6.48. The maximum atomic E-state index is 12.9. The number of carbonyl (C=O) groups is 3. The molecule has 1 aromatic heterocycles. The van der Waals surface area contributed by atoms with E-state index in [0.29, 0.717) is 25.9 Å². The van der Waals surface area contributed by atoms with Crippen molar-refractivity contribution in [3.63, 3.8) is 0 Å². The van der Waals surface area contributed by atoms with Gasteiger partial charge in [-0.15, -0.1) is 0 Å². The number of aliphatic carboxylic acids is 1. The van der Waals surface area contributed by atoms with E-state index < -0.39 is 11.9 Å². The van der Waals surface area contributed by atoms with E-state index in [2.05, 4.69) is 4.98 Å². The van der Waals surface area contributed by atoms with Gasteiger partial charge in [0, 0.05) is 39.0 Å². The minimum absolute atomic E-state index is 0.0531. The summed E-state index contributed by atoms with van der Waals surface area (Å²) in [7, 11) is 1.71. The average molecular weight is 331 g/mol. The zero-order valence-electron chi connectivity index (χ0n) is 13.6. The molecule has 1 aromatic rings. The van der Waals surface area contributed by atoms with Crippen LogP contribution in [0.25, 0.3) is 0 Å². The molecule has 7 heteroatoms. The summed E-state index contributed by atoms with van der Waals surface area (Å²) in [4.78, 5) is 43.6. The van der Waals surface area contributed by atoms with Crippen LogP contribution >= 0.6 is 0 Å². The third-order valence-corrected chi connectivity index (χ3v) is 5.09. The molecule has 2 fully saturated rings. The van der Waals surface area contributed by atoms with Crippen LogP contribution in [0, 0.1) is 11.8 Å². The fourth-order valence-corrected chi connectivity index (χ4v) is 3.68. The molecule has 1 N–H and O–H groups in total. The molecular formula is C17H21N3O4. The number of amides is 2. The van der Waals surface area contributed by atoms with E-state index in [4.69, 9.17) is 5.11 Å². The van der Waals surface area contributed by atoms with Crippen LogP contribution in [0.3, 0.4) is 0 Å². The molecule has 24 heavy (non-hydrogen) atoms. The number of nitrogens with zero attached hydrogens (tertiary/aromatic N) is 3. The summed E-state index contributed by atoms with van der Waals surface area (Å²) in [6.07, 6.45) is 4.47. The van der Waals surface area contributed by atoms with E-state index in [1.165, 1.54) is 0 Å². The van der Waals surface area contributed by atoms with Gasteiger partial charge in [-0.1, -0.05) is 6.07 Å². The Labute approximate surface area is 140 Å². The van der Waals surface area contributed by atoms with Crippen LogP contribution in [0.4, 0.5) is 0 Å². The third-order valence-electron chi connectivity index (χ3n) is 5.09. The lowest BCUT2D eigenvalue weighted by molar-refractivity contribution is -0.147. The second kappa shape index (κ2) is 6.59. The molecule has 3 heterocycles. The normalized spacial score (nSPS) is 25.1. The summed E-state index contributed by atoms with van der Waals surface area (Å²) in [5, 5.41) is 9.07. The molecule has 3 rings (SSSR count). The smallest absolute Gasteiger partial charge is 0.306 e. The highest BCUT2D eigenvalue weighted by Crippen LogP contribution is 2.38. The van der Waals surface area contributed by atoms with Crippen LogP contribution in [0.15, 0.2) is 24.5 Å². The largest absolute Gasteiger partial charge is 0.481 e. The van der Waals surface area contributed by atoms with E-state index in [9.17, 15) is 14.4 Å². The Balaban J connectivity index is 1.76. The van der Waals surface area contributed by atoms with Crippen molar-refractivity contribution >= 4 is 17.8 Å². The van der Waals surface area contributed by atoms with Crippen molar-refractivity contribution in [3.05, 3.63) is 30.1 Å². The van der Waals surface area contributed by atoms with Gasteiger partial charge in [0.1, 0.15) is 0 Å². The summed E-state index contributed by atoms with van der Waals surface area (Å²) >= 11 is 0. The van der Waals surface area contributed by atoms with Crippen molar-refractivity contribution in [2.75, 3.05) is 20.1 Å². The zero-order chi connectivity index (χ0) is 17.3. The van der Waals surface area contributed by atoms with E-state index in [1.54, 1.807) is 35.3 Å². The Morgan fingerprint density at radius 1 is 1.29 bits per heavy atom. The van der Waals surface area contributed by atoms with Crippen molar-refractivity contribution < 1.29 is 19.5 Å². The first-order chi connectivity index (χ1) is 11.5. The van der Waals surface area contributed by atoms with Gasteiger partial charge < -0.3 is 14.9 Å². The van der Waals surface area contributed by atoms with Gasteiger partial charge in [-0.25, -0.2) is 0 Å². The first-order valence-corrected chi connectivity index (χ1v) is 8.16. The van der Waals surface area contributed by atoms with Gasteiger partial charge in [-0.2, -0.15) is 0 Å². The zero-order valence-corrected chi connectivity index (χ0v) is 13.6. The first kappa shape index (κ1) is 16.4. The highest BCUT2D eigenvalue weighted by molar-refractivity contribution is 5.90. The number of likely N-dealkylation sites (tertiary alicyclic amines) is 2. The molecule has 2 aliphatic heterocycles. The van der Waals surface area contributed by atoms with Gasteiger partial charge in [0.05, 0.1) is 17.9 Å². The topological polar surface area (TPSA) is 90.8 Å². The average Bonchev–Trinajstić information content (AvgIpc) is 2.90. The summed E-state index contributed by atoms with van der Waals surface area (Å²) in [6.45, 7) is 0.869. The molecule has 2 amide bonds. The number of hydrogen-bond donors (Lipinski definition) is 1. The van der Waals surface area contributed by atoms with Crippen molar-refractivity contribution in [1.29, 1.82) is 0 Å². The molecule has 2 unspecified atom stereocenters. The van der Waals surface area contributed by atoms with Crippen LogP contribution in [0.5, 0.6) is 0 Å². The quantitative estimate of drug-likeness (QED) is 0.889. The lowest BCUT2D eigenvalue weighted by Crippen LogP contribution is -2.44. The number of pyridine rings is 1. The predicted octanol–water partition coefficient (Wildman–Crippen LogP) is 0.924. The van der Waals surface area contributed by atoms with Crippen molar-refractivity contribution in [2.45, 2.75) is 25.3 Å². The van der Waals surface area contributed by atoms with Crippen LogP contribution in [-0.4, -0.2) is 57.8 Å². The Kier molecular flexibility index (Phi) is 4.51. The van der Waals surface area contributed by atoms with Crippen LogP contribution in [0.2, 0.25) is 0 Å². The van der Waals surface area contributed by atoms with E-state index in [0.717, 1.165) is 5.56 Å². The molecule has 0 spiro atoms. The number of rotatable bonds is 3. The number of aromatic nitrogens is 1. The minimum atomic E-state index is -0.800. The Hall–Kier alpha value is -2.44. The first-order valence-electron chi connectivity index (χ1n) is 8.16. The number of hydrogen-bond acceptors (Lipinski definition) is 4. The molecule has 2 atom stereocenters. The lowest BCUT2D eigenvalue weighted by Gasteiger charge is -2.34. The Bertz CT molecular complexity index is 640. The maximum Gasteiger partial charge on any atom is 0.306 e. The number of carbonyl (C=O) groups excluding carboxylic acids is 2. The molecule has 0 aliphatic carbocycles. The number of carboxylic acids is 1. The van der Waals surface area contributed by atoms with Gasteiger partial charge in [-0.3, -0.25) is 19.4 Å². The highest BCUT2D eigenvalue weighted by Gasteiger charge is 2.44. The van der Waals surface area contributed by atoms with Crippen LogP contribution < -0.4 is 0 Å². The molecule has 2 aliphatic rings. The maximum absolute atomic E-state index is 12.9. The summed E-state index contributed by atoms with van der Waals surface area (Å²) in [6, 6.07) is 3.37. The Morgan fingerprint density at radius 3 is 2.58 bits per heavy atom. The van der Waals surface area contributed by atoms with Gasteiger partial charge >= 0.3 is 5.97 Å². The van der Waals surface area contributed by atoms with Crippen LogP contribution in [0.1, 0.15) is 30.9 Å². The molecular weight excluding hydrogens is 310 g/mol. The fourth-order valence-electron chi connectivity index (χ4n) is 3.68. The molecule has 0 saturated carbocycles. The lowest BCUT2D eigenvalue weighted by atomic mass is 9.91. The molecule has 128 valence electrons. The number of piperidine rings is 1. The predicted molar refractivity (Wildman–Crippen MR) is 84.8 cm³/mol. The van der Waals surface area contributed by atoms with E-state index in [1.807, 2.05) is 6.07 Å². The van der Waals surface area contributed by atoms with E-state index >= 15 is 0 Å². The van der Waals surface area contributed by atoms with E-state index in [-0.39, 0.29) is 30.2 Å². The molecule has 2 saturated heterocycles. The Morgan fingerprint density at radius 2 is 2.00 bits per heavy atom. The van der Waals surface area contributed by atoms with Gasteiger partial charge in [-0.05, 0) is 24.5 Å². The third kappa shape index (κ3) is 2.98. The summed E-state index contributed by atoms with van der Waals surface area (Å²) < 4.78 is 0. The van der Waals surface area contributed by atoms with Crippen molar-refractivity contribution in [1.82, 2.24) is 14.8 Å². The van der Waals surface area contributed by atoms with Gasteiger partial charge in [0.25, 0.3) is 0 Å². The van der Waals surface area contributed by atoms with Gasteiger partial charge in [0.15, 0.2) is 0 Å². The number of carboxylic acid groups (broad SMARTS) is 1. The fraction of sp³-hybridized carbons (Fsp3) is 0.529. The SMILES string of the molecule is CN1C(=O)CC(C(=O)N2CCC(C(=O)O)CC2)C1c1cccnc1. The van der Waals surface area contributed by atoms with Gasteiger partial charge in [0.2, 0.25) is 11.8 Å². The van der Waals surface area contributed by atoms with Crippen LogP contribution in [-0.2, 0) is 14.4 Å². The second-order valence-electron chi connectivity index (χ2n) is 6.48. The molecule has 0 bridgehead atoms. The van der Waals surface area contributed by atoms with Crippen molar-refractivity contribution in [3.8, 4) is 0 Å². The van der Waals surface area contributed by atoms with Crippen molar-refractivity contribution in [2.24, 2.45) is 11.8 Å². The molecule has 0 aromatic carbocycles. The summed E-state index contributed by atoms with van der Waals surface area (Å²) in [5.74, 6) is -1.73. The monoisotopic (exact) mass is 331 g/mol. The highest BCUT2D eigenvalue weighted by atomic mass is 16.4. The summed E-state index contributed by atoms with van der Waals surface area (Å²) in [5.41, 5.74) is 0.852. The standard InChI is InChI=1S/C17H21N3O4/c1-19-14(21)9-13(15(19)12-3-2-6-18-10-12)16(22)20-7-4-11(5-8-20)17(23)24/h2-3,6,10-11,13,15H,4-5,7-9H2,1H3,(H,23,24). The minimum Gasteiger partial charge on any atom is -0.481 e.